The fourth-order valence-corrected chi connectivity index (χ4v) is 2.27. The number of hydrogen-bond donors (Lipinski definition) is 0. The minimum Gasteiger partial charge on any atom is -0.331 e. The Morgan fingerprint density at radius 1 is 1.57 bits per heavy atom. The fraction of sp³-hybridized carbons (Fsp3) is 0.417. The summed E-state index contributed by atoms with van der Waals surface area (Å²) in [5.74, 6) is 0. The summed E-state index contributed by atoms with van der Waals surface area (Å²) in [7, 11) is 0. The van der Waals surface area contributed by atoms with Gasteiger partial charge in [0.05, 0.1) is 12.0 Å². The van der Waals surface area contributed by atoms with Gasteiger partial charge in [-0.2, -0.15) is 0 Å². The van der Waals surface area contributed by atoms with Crippen molar-refractivity contribution < 1.29 is 0 Å². The van der Waals surface area contributed by atoms with E-state index in [9.17, 15) is 0 Å². The van der Waals surface area contributed by atoms with Gasteiger partial charge in [-0.1, -0.05) is 18.7 Å². The molecule has 2 heteroatoms. The molecule has 0 N–H and O–H groups in total. The molecule has 0 bridgehead atoms. The van der Waals surface area contributed by atoms with Crippen LogP contribution in [0.25, 0.3) is 0 Å². The Kier molecular flexibility index (Phi) is 1.37. The lowest BCUT2D eigenvalue weighted by Crippen LogP contribution is -2.29. The van der Waals surface area contributed by atoms with Crippen molar-refractivity contribution in [1.82, 2.24) is 4.90 Å². The van der Waals surface area contributed by atoms with Crippen LogP contribution in [0.4, 0.5) is 0 Å². The molecule has 1 atom stereocenters. The molecule has 1 heterocycles. The quantitative estimate of drug-likeness (QED) is 0.646. The summed E-state index contributed by atoms with van der Waals surface area (Å²) in [4.78, 5) is 6.94. The number of fused-ring (bicyclic) bond motifs is 1. The second-order valence-electron chi connectivity index (χ2n) is 4.33. The fourth-order valence-electron chi connectivity index (χ4n) is 2.27. The Balaban J connectivity index is 1.98. The maximum atomic E-state index is 4.62. The molecule has 1 saturated carbocycles. The van der Waals surface area contributed by atoms with E-state index in [-0.39, 0.29) is 5.54 Å². The van der Waals surface area contributed by atoms with E-state index in [2.05, 4.69) is 35.5 Å². The van der Waals surface area contributed by atoms with E-state index in [0.717, 1.165) is 0 Å². The molecular weight excluding hydrogens is 172 g/mol. The highest BCUT2D eigenvalue weighted by Gasteiger charge is 2.45. The average Bonchev–Trinajstić information content (AvgIpc) is 2.87. The van der Waals surface area contributed by atoms with Gasteiger partial charge in [0.25, 0.3) is 0 Å². The molecule has 2 nitrogen and oxygen atoms in total. The summed E-state index contributed by atoms with van der Waals surface area (Å²) in [6.07, 6.45) is 10.8. The largest absolute Gasteiger partial charge is 0.331 e. The highest BCUT2D eigenvalue weighted by atomic mass is 15.3. The molecule has 0 unspecified atom stereocenters. The van der Waals surface area contributed by atoms with Gasteiger partial charge in [-0.15, -0.1) is 0 Å². The van der Waals surface area contributed by atoms with Gasteiger partial charge >= 0.3 is 0 Å². The third-order valence-electron chi connectivity index (χ3n) is 3.36. The molecule has 0 aromatic rings. The Hall–Kier alpha value is -1.31. The van der Waals surface area contributed by atoms with Crippen LogP contribution in [-0.4, -0.2) is 22.8 Å². The van der Waals surface area contributed by atoms with Gasteiger partial charge in [0.15, 0.2) is 0 Å². The predicted octanol–water partition coefficient (Wildman–Crippen LogP) is 2.26. The van der Waals surface area contributed by atoms with Gasteiger partial charge in [0, 0.05) is 6.04 Å². The van der Waals surface area contributed by atoms with Gasteiger partial charge in [0.1, 0.15) is 5.54 Å². The van der Waals surface area contributed by atoms with Crippen LogP contribution >= 0.6 is 0 Å². The van der Waals surface area contributed by atoms with Gasteiger partial charge < -0.3 is 4.90 Å². The molecule has 3 aliphatic rings. The first-order chi connectivity index (χ1) is 6.75. The van der Waals surface area contributed by atoms with Crippen LogP contribution in [0, 0.1) is 0 Å². The third kappa shape index (κ3) is 0.834. The molecule has 0 aromatic carbocycles. The lowest BCUT2D eigenvalue weighted by atomic mass is 9.94. The van der Waals surface area contributed by atoms with Gasteiger partial charge in [-0.05, 0) is 31.4 Å². The maximum absolute atomic E-state index is 4.62. The van der Waals surface area contributed by atoms with Crippen LogP contribution in [0.3, 0.4) is 0 Å². The van der Waals surface area contributed by atoms with E-state index in [1.54, 1.807) is 0 Å². The number of allylic oxidation sites excluding steroid dienone is 2. The van der Waals surface area contributed by atoms with Crippen molar-refractivity contribution in [3.05, 3.63) is 36.1 Å². The van der Waals surface area contributed by atoms with Crippen LogP contribution in [0.2, 0.25) is 0 Å². The molecule has 0 saturated heterocycles. The van der Waals surface area contributed by atoms with Crippen LogP contribution in [-0.2, 0) is 0 Å². The topological polar surface area (TPSA) is 15.6 Å². The highest BCUT2D eigenvalue weighted by Crippen LogP contribution is 2.44. The van der Waals surface area contributed by atoms with Gasteiger partial charge in [0.2, 0.25) is 0 Å². The number of nitrogens with zero attached hydrogens (tertiary/aromatic N) is 2. The van der Waals surface area contributed by atoms with E-state index in [1.165, 1.54) is 24.1 Å². The normalized spacial score (nSPS) is 34.2. The lowest BCUT2D eigenvalue weighted by Gasteiger charge is -2.24. The van der Waals surface area contributed by atoms with E-state index < -0.39 is 0 Å². The minimum absolute atomic E-state index is 0.135. The van der Waals surface area contributed by atoms with Crippen LogP contribution < -0.4 is 0 Å². The van der Waals surface area contributed by atoms with Crippen molar-refractivity contribution in [1.29, 1.82) is 0 Å². The first-order valence-electron chi connectivity index (χ1n) is 5.15. The van der Waals surface area contributed by atoms with Crippen LogP contribution in [0.15, 0.2) is 41.1 Å². The Morgan fingerprint density at radius 2 is 2.36 bits per heavy atom. The first-order valence-corrected chi connectivity index (χ1v) is 5.15. The monoisotopic (exact) mass is 186 g/mol. The van der Waals surface area contributed by atoms with Crippen molar-refractivity contribution in [2.24, 2.45) is 4.99 Å². The number of aliphatic imine (C=N–C) groups is 1. The molecular formula is C12H14N2. The van der Waals surface area contributed by atoms with E-state index in [1.807, 2.05) is 12.4 Å². The molecule has 0 radical (unpaired) electrons. The van der Waals surface area contributed by atoms with Crippen molar-refractivity contribution in [3.8, 4) is 0 Å². The second-order valence-corrected chi connectivity index (χ2v) is 4.33. The summed E-state index contributed by atoms with van der Waals surface area (Å²) < 4.78 is 0. The maximum Gasteiger partial charge on any atom is 0.124 e. The molecule has 2 aliphatic carbocycles. The van der Waals surface area contributed by atoms with E-state index >= 15 is 0 Å². The van der Waals surface area contributed by atoms with E-state index in [0.29, 0.717) is 6.04 Å². The third-order valence-corrected chi connectivity index (χ3v) is 3.36. The molecule has 0 amide bonds. The van der Waals surface area contributed by atoms with Crippen molar-refractivity contribution in [3.63, 3.8) is 0 Å². The highest BCUT2D eigenvalue weighted by molar-refractivity contribution is 5.71. The summed E-state index contributed by atoms with van der Waals surface area (Å²) in [6.45, 7) is 6.00. The van der Waals surface area contributed by atoms with Gasteiger partial charge in [-0.3, -0.25) is 4.99 Å². The smallest absolute Gasteiger partial charge is 0.124 e. The zero-order valence-corrected chi connectivity index (χ0v) is 8.40. The SMILES string of the molecule is C=CC1=CC=C2N(C3CC3)C=N[C@]12C. The molecule has 14 heavy (non-hydrogen) atoms. The summed E-state index contributed by atoms with van der Waals surface area (Å²) in [5.41, 5.74) is 2.41. The molecule has 3 rings (SSSR count). The lowest BCUT2D eigenvalue weighted by molar-refractivity contribution is 0.483. The molecule has 0 aromatic heterocycles. The Labute approximate surface area is 84.3 Å². The van der Waals surface area contributed by atoms with Crippen LogP contribution in [0.5, 0.6) is 0 Å². The summed E-state index contributed by atoms with van der Waals surface area (Å²) in [6, 6.07) is 0.712. The summed E-state index contributed by atoms with van der Waals surface area (Å²) >= 11 is 0. The van der Waals surface area contributed by atoms with Crippen molar-refractivity contribution >= 4 is 6.34 Å². The predicted molar refractivity (Wildman–Crippen MR) is 58.1 cm³/mol. The zero-order valence-electron chi connectivity index (χ0n) is 8.40. The molecule has 72 valence electrons. The zero-order chi connectivity index (χ0) is 9.76. The Bertz CT molecular complexity index is 385. The number of hydrogen-bond acceptors (Lipinski definition) is 2. The minimum atomic E-state index is -0.135. The standard InChI is InChI=1S/C12H14N2/c1-3-9-4-7-11-12(9,2)13-8-14(11)10-5-6-10/h3-4,7-8,10H,1,5-6H2,2H3/t12-/m1/s1. The average molecular weight is 186 g/mol. The number of rotatable bonds is 2. The van der Waals surface area contributed by atoms with Crippen LogP contribution in [0.1, 0.15) is 19.8 Å². The molecule has 0 spiro atoms. The molecule has 1 aliphatic heterocycles. The first kappa shape index (κ1) is 8.04. The van der Waals surface area contributed by atoms with Crippen molar-refractivity contribution in [2.45, 2.75) is 31.3 Å². The van der Waals surface area contributed by atoms with Crippen molar-refractivity contribution in [2.75, 3.05) is 0 Å². The Morgan fingerprint density at radius 3 is 3.00 bits per heavy atom. The van der Waals surface area contributed by atoms with Gasteiger partial charge in [-0.25, -0.2) is 0 Å². The van der Waals surface area contributed by atoms with E-state index in [4.69, 9.17) is 0 Å². The summed E-state index contributed by atoms with van der Waals surface area (Å²) in [5, 5.41) is 0. The molecule has 1 fully saturated rings. The second kappa shape index (κ2) is 2.38.